The van der Waals surface area contributed by atoms with E-state index in [1.807, 2.05) is 25.3 Å². The van der Waals surface area contributed by atoms with Gasteiger partial charge in [0, 0.05) is 41.4 Å². The average molecular weight is 457 g/mol. The largest absolute Gasteiger partial charge is 0.446 e. The van der Waals surface area contributed by atoms with Crippen LogP contribution < -0.4 is 10.6 Å². The third-order valence-electron chi connectivity index (χ3n) is 6.15. The van der Waals surface area contributed by atoms with Gasteiger partial charge >= 0.3 is 6.09 Å². The van der Waals surface area contributed by atoms with Crippen LogP contribution in [0.5, 0.6) is 0 Å². The van der Waals surface area contributed by atoms with E-state index in [2.05, 4.69) is 30.9 Å². The lowest BCUT2D eigenvalue weighted by molar-refractivity contribution is 0.0967. The second kappa shape index (κ2) is 8.19. The molecule has 3 atom stereocenters. The van der Waals surface area contributed by atoms with Crippen molar-refractivity contribution in [3.8, 4) is 0 Å². The number of nitrogens with zero attached hydrogens (tertiary/aromatic N) is 4. The Balaban J connectivity index is 1.22. The van der Waals surface area contributed by atoms with Gasteiger partial charge in [0.15, 0.2) is 11.6 Å². The Bertz CT molecular complexity index is 1170. The van der Waals surface area contributed by atoms with Gasteiger partial charge in [-0.3, -0.25) is 9.88 Å². The van der Waals surface area contributed by atoms with Crippen molar-refractivity contribution in [3.05, 3.63) is 35.9 Å². The highest BCUT2D eigenvalue weighted by Crippen LogP contribution is 2.37. The van der Waals surface area contributed by atoms with Crippen molar-refractivity contribution < 1.29 is 9.53 Å². The maximum absolute atomic E-state index is 12.1. The summed E-state index contributed by atoms with van der Waals surface area (Å²) in [5.41, 5.74) is 2.69. The topological polar surface area (TPSA) is 133 Å². The summed E-state index contributed by atoms with van der Waals surface area (Å²) in [5, 5.41) is 18.3. The van der Waals surface area contributed by atoms with E-state index in [0.29, 0.717) is 17.4 Å². The van der Waals surface area contributed by atoms with Gasteiger partial charge in [0.1, 0.15) is 11.6 Å². The molecule has 10 nitrogen and oxygen atoms in total. The summed E-state index contributed by atoms with van der Waals surface area (Å²) in [6, 6.07) is 3.96. The number of hydrogen-bond acceptors (Lipinski definition) is 7. The zero-order chi connectivity index (χ0) is 22.3. The molecule has 4 N–H and O–H groups in total. The third kappa shape index (κ3) is 4.62. The molecule has 32 heavy (non-hydrogen) atoms. The normalized spacial score (nSPS) is 22.6. The molecule has 3 aromatic heterocycles. The number of amides is 1. The molecule has 2 fully saturated rings. The fourth-order valence-corrected chi connectivity index (χ4v) is 4.75. The Hall–Kier alpha value is -2.95. The number of fused-ring (bicyclic) bond motifs is 1. The minimum absolute atomic E-state index is 0.0634. The van der Waals surface area contributed by atoms with Crippen LogP contribution in [-0.2, 0) is 21.2 Å². The monoisotopic (exact) mass is 456 g/mol. The van der Waals surface area contributed by atoms with Crippen molar-refractivity contribution in [2.45, 2.75) is 62.3 Å². The molecule has 170 valence electrons. The van der Waals surface area contributed by atoms with Crippen molar-refractivity contribution in [3.63, 3.8) is 0 Å². The summed E-state index contributed by atoms with van der Waals surface area (Å²) in [5.74, 6) is 2.25. The summed E-state index contributed by atoms with van der Waals surface area (Å²) in [4.78, 5) is 16.5. The molecular formula is C21H28N8O2S. The zero-order valence-electron chi connectivity index (χ0n) is 18.2. The SMILES string of the molecule is CS(=N)Cc1cc2c(Nc3cc(C4CCC(OC(=O)NC5(C)CC5)C4)[nH]n3)nccn2n1. The molecule has 0 radical (unpaired) electrons. The zero-order valence-corrected chi connectivity index (χ0v) is 19.0. The summed E-state index contributed by atoms with van der Waals surface area (Å²) < 4.78 is 15.2. The lowest BCUT2D eigenvalue weighted by atomic mass is 10.0. The molecule has 0 spiro atoms. The fraction of sp³-hybridized carbons (Fsp3) is 0.524. The van der Waals surface area contributed by atoms with E-state index >= 15 is 0 Å². The molecule has 11 heteroatoms. The Morgan fingerprint density at radius 1 is 1.41 bits per heavy atom. The van der Waals surface area contributed by atoms with Gasteiger partial charge in [-0.1, -0.05) is 0 Å². The lowest BCUT2D eigenvalue weighted by Crippen LogP contribution is -2.36. The Kier molecular flexibility index (Phi) is 5.36. The number of hydrogen-bond donors (Lipinski definition) is 4. The number of rotatable bonds is 7. The maximum atomic E-state index is 12.1. The predicted molar refractivity (Wildman–Crippen MR) is 122 cm³/mol. The molecule has 3 heterocycles. The number of anilines is 2. The predicted octanol–water partition coefficient (Wildman–Crippen LogP) is 3.62. The van der Waals surface area contributed by atoms with Gasteiger partial charge in [-0.05, 0) is 51.3 Å². The maximum Gasteiger partial charge on any atom is 0.407 e. The number of aromatic amines is 1. The minimum atomic E-state index is -0.464. The van der Waals surface area contributed by atoms with Gasteiger partial charge in [0.2, 0.25) is 0 Å². The molecule has 0 bridgehead atoms. The van der Waals surface area contributed by atoms with Gasteiger partial charge in [0.05, 0.1) is 5.69 Å². The van der Waals surface area contributed by atoms with Crippen molar-refractivity contribution >= 4 is 33.9 Å². The van der Waals surface area contributed by atoms with E-state index in [1.165, 1.54) is 0 Å². The van der Waals surface area contributed by atoms with Crippen molar-refractivity contribution in [1.29, 1.82) is 4.78 Å². The molecule has 1 amide bonds. The molecule has 5 rings (SSSR count). The highest BCUT2D eigenvalue weighted by atomic mass is 32.2. The molecule has 2 aliphatic carbocycles. The summed E-state index contributed by atoms with van der Waals surface area (Å²) in [6.07, 6.45) is 9.63. The van der Waals surface area contributed by atoms with Gasteiger partial charge in [0.25, 0.3) is 0 Å². The van der Waals surface area contributed by atoms with Crippen LogP contribution in [-0.4, -0.2) is 48.8 Å². The van der Waals surface area contributed by atoms with Gasteiger partial charge in [-0.2, -0.15) is 10.2 Å². The second-order valence-electron chi connectivity index (χ2n) is 9.08. The van der Waals surface area contributed by atoms with Crippen LogP contribution in [0.4, 0.5) is 16.4 Å². The van der Waals surface area contributed by atoms with E-state index in [4.69, 9.17) is 9.52 Å². The van der Waals surface area contributed by atoms with E-state index in [0.717, 1.165) is 49.0 Å². The number of H-pyrrole nitrogens is 1. The van der Waals surface area contributed by atoms with E-state index in [-0.39, 0.29) is 23.7 Å². The van der Waals surface area contributed by atoms with Crippen LogP contribution in [0.15, 0.2) is 24.5 Å². The first kappa shape index (κ1) is 20.9. The van der Waals surface area contributed by atoms with Crippen molar-refractivity contribution in [2.75, 3.05) is 11.6 Å². The summed E-state index contributed by atoms with van der Waals surface area (Å²) in [6.45, 7) is 2.04. The summed E-state index contributed by atoms with van der Waals surface area (Å²) in [7, 11) is -0.464. The van der Waals surface area contributed by atoms with Crippen LogP contribution in [0.3, 0.4) is 0 Å². The van der Waals surface area contributed by atoms with E-state index in [1.54, 1.807) is 16.9 Å². The second-order valence-corrected chi connectivity index (χ2v) is 10.6. The number of carbonyl (C=O) groups excluding carboxylic acids is 1. The van der Waals surface area contributed by atoms with E-state index < -0.39 is 10.7 Å². The minimum Gasteiger partial charge on any atom is -0.446 e. The van der Waals surface area contributed by atoms with Gasteiger partial charge < -0.3 is 15.4 Å². The highest BCUT2D eigenvalue weighted by Gasteiger charge is 2.40. The first-order valence-electron chi connectivity index (χ1n) is 10.8. The number of ether oxygens (including phenoxy) is 1. The number of carbonyl (C=O) groups is 1. The highest BCUT2D eigenvalue weighted by molar-refractivity contribution is 7.84. The molecule has 0 aliphatic heterocycles. The van der Waals surface area contributed by atoms with Crippen molar-refractivity contribution in [1.82, 2.24) is 30.1 Å². The summed E-state index contributed by atoms with van der Waals surface area (Å²) >= 11 is 0. The fourth-order valence-electron chi connectivity index (χ4n) is 4.16. The Labute approximate surface area is 188 Å². The quantitative estimate of drug-likeness (QED) is 0.429. The van der Waals surface area contributed by atoms with Crippen LogP contribution in [0.1, 0.15) is 56.3 Å². The first-order chi connectivity index (χ1) is 15.4. The standard InChI is InChI=1S/C21H28N8O2S/c1-21(5-6-21)25-20(30)31-15-4-3-13(9-15)16-11-18(27-26-16)24-19-17-10-14(12-32(2)22)28-29(17)8-7-23-19/h7-8,10-11,13,15,22H,3-6,9,12H2,1-2H3,(H,25,30)(H2,23,24,26,27). The van der Waals surface area contributed by atoms with Gasteiger partial charge in [-0.15, -0.1) is 10.7 Å². The van der Waals surface area contributed by atoms with E-state index in [9.17, 15) is 4.79 Å². The van der Waals surface area contributed by atoms with Crippen LogP contribution in [0.25, 0.3) is 5.52 Å². The van der Waals surface area contributed by atoms with Crippen molar-refractivity contribution in [2.24, 2.45) is 0 Å². The molecule has 3 unspecified atom stereocenters. The average Bonchev–Trinajstić information content (AvgIpc) is 3.14. The number of nitrogens with one attached hydrogen (secondary N) is 4. The van der Waals surface area contributed by atoms with Gasteiger partial charge in [-0.25, -0.2) is 14.3 Å². The Morgan fingerprint density at radius 2 is 2.25 bits per heavy atom. The molecule has 2 saturated carbocycles. The van der Waals surface area contributed by atoms with Crippen LogP contribution in [0.2, 0.25) is 0 Å². The third-order valence-corrected chi connectivity index (χ3v) is 6.88. The number of alkyl carbamates (subject to hydrolysis) is 1. The molecule has 3 aromatic rings. The molecular weight excluding hydrogens is 428 g/mol. The lowest BCUT2D eigenvalue weighted by Gasteiger charge is -2.16. The Morgan fingerprint density at radius 3 is 3.03 bits per heavy atom. The van der Waals surface area contributed by atoms with Crippen LogP contribution in [0, 0.1) is 4.78 Å². The molecule has 2 aliphatic rings. The molecule has 0 aromatic carbocycles. The smallest absolute Gasteiger partial charge is 0.407 e. The number of aromatic nitrogens is 5. The molecule has 0 saturated heterocycles. The van der Waals surface area contributed by atoms with Crippen LogP contribution >= 0.6 is 0 Å². The first-order valence-corrected chi connectivity index (χ1v) is 12.7.